The molecular weight excluding hydrogens is 481 g/mol. The molecule has 0 unspecified atom stereocenters. The van der Waals surface area contributed by atoms with Crippen LogP contribution in [-0.2, 0) is 6.18 Å². The Balaban J connectivity index is 1.47. The van der Waals surface area contributed by atoms with E-state index in [1.165, 1.54) is 12.1 Å². The number of benzene rings is 3. The summed E-state index contributed by atoms with van der Waals surface area (Å²) in [6, 6.07) is 18.9. The summed E-state index contributed by atoms with van der Waals surface area (Å²) in [6.07, 6.45) is -3.77. The number of hydrogen-bond donors (Lipinski definition) is 2. The number of halogens is 3. The second kappa shape index (κ2) is 9.45. The van der Waals surface area contributed by atoms with Crippen LogP contribution in [0.1, 0.15) is 29.2 Å². The summed E-state index contributed by atoms with van der Waals surface area (Å²) in [5.74, 6) is -0.0166. The van der Waals surface area contributed by atoms with E-state index in [9.17, 15) is 23.1 Å². The van der Waals surface area contributed by atoms with Gasteiger partial charge in [-0.25, -0.2) is 4.79 Å². The third-order valence-corrected chi connectivity index (χ3v) is 7.42. The van der Waals surface area contributed by atoms with E-state index < -0.39 is 17.8 Å². The maximum atomic E-state index is 13.3. The standard InChI is InChI=1S/C28H25F3N4O2/c1-34-24-11-6-19(18-4-2-17(15-32)3-5-18)14-23(24)26-22(25(34)16-36)12-13-35(26)27(37)33-21-9-7-20(8-10-21)28(29,30)31/h2-11,14,22,25-26,36H,12-13,16H2,1H3,(H,33,37)/t22-,25+,26-/m0/s1. The monoisotopic (exact) mass is 506 g/mol. The van der Waals surface area contributed by atoms with Crippen molar-refractivity contribution in [1.29, 1.82) is 5.26 Å². The van der Waals surface area contributed by atoms with Crippen molar-refractivity contribution in [3.8, 4) is 17.2 Å². The Morgan fingerprint density at radius 1 is 1.08 bits per heavy atom. The number of urea groups is 1. The van der Waals surface area contributed by atoms with Gasteiger partial charge in [0.15, 0.2) is 0 Å². The summed E-state index contributed by atoms with van der Waals surface area (Å²) in [5, 5.41) is 22.0. The molecule has 0 radical (unpaired) electrons. The summed E-state index contributed by atoms with van der Waals surface area (Å²) in [5.41, 5.74) is 3.79. The third kappa shape index (κ3) is 4.49. The molecule has 0 saturated carbocycles. The Morgan fingerprint density at radius 3 is 2.38 bits per heavy atom. The molecule has 1 fully saturated rings. The van der Waals surface area contributed by atoms with Crippen LogP contribution in [0.2, 0.25) is 0 Å². The number of hydrogen-bond acceptors (Lipinski definition) is 4. The van der Waals surface area contributed by atoms with Gasteiger partial charge in [0.1, 0.15) is 0 Å². The van der Waals surface area contributed by atoms with Crippen LogP contribution in [0.5, 0.6) is 0 Å². The van der Waals surface area contributed by atoms with Crippen molar-refractivity contribution in [1.82, 2.24) is 4.90 Å². The molecule has 2 amide bonds. The molecule has 2 aliphatic rings. The zero-order valence-corrected chi connectivity index (χ0v) is 20.0. The molecule has 0 aromatic heterocycles. The van der Waals surface area contributed by atoms with Crippen LogP contribution in [0.25, 0.3) is 11.1 Å². The summed E-state index contributed by atoms with van der Waals surface area (Å²) in [7, 11) is 1.93. The Hall–Kier alpha value is -4.03. The Morgan fingerprint density at radius 2 is 1.76 bits per heavy atom. The number of aliphatic hydroxyl groups excluding tert-OH is 1. The number of rotatable bonds is 3. The quantitative estimate of drug-likeness (QED) is 0.481. The van der Waals surface area contributed by atoms with Crippen LogP contribution in [0.15, 0.2) is 66.7 Å². The van der Waals surface area contributed by atoms with Crippen LogP contribution in [0, 0.1) is 17.2 Å². The second-order valence-corrected chi connectivity index (χ2v) is 9.42. The Bertz CT molecular complexity index is 1350. The van der Waals surface area contributed by atoms with Gasteiger partial charge in [0.05, 0.1) is 35.9 Å². The number of amides is 2. The fourth-order valence-electron chi connectivity index (χ4n) is 5.54. The molecule has 0 bridgehead atoms. The first kappa shape index (κ1) is 24.7. The minimum Gasteiger partial charge on any atom is -0.394 e. The van der Waals surface area contributed by atoms with E-state index in [1.54, 1.807) is 17.0 Å². The first-order valence-corrected chi connectivity index (χ1v) is 11.9. The number of nitriles is 1. The van der Waals surface area contributed by atoms with Gasteiger partial charge >= 0.3 is 12.2 Å². The lowest BCUT2D eigenvalue weighted by Crippen LogP contribution is -2.48. The van der Waals surface area contributed by atoms with Gasteiger partial charge in [-0.2, -0.15) is 18.4 Å². The predicted molar refractivity (Wildman–Crippen MR) is 134 cm³/mol. The molecule has 0 spiro atoms. The van der Waals surface area contributed by atoms with Gasteiger partial charge in [0.25, 0.3) is 0 Å². The molecule has 0 aliphatic carbocycles. The Labute approximate surface area is 212 Å². The van der Waals surface area contributed by atoms with Crippen LogP contribution in [0.4, 0.5) is 29.3 Å². The molecular formula is C28H25F3N4O2. The van der Waals surface area contributed by atoms with Crippen LogP contribution in [0.3, 0.4) is 0 Å². The van der Waals surface area contributed by atoms with E-state index in [2.05, 4.69) is 16.3 Å². The van der Waals surface area contributed by atoms with E-state index in [1.807, 2.05) is 37.4 Å². The molecule has 9 heteroatoms. The number of likely N-dealkylation sites (N-methyl/N-ethyl adjacent to an activating group) is 1. The van der Waals surface area contributed by atoms with Crippen LogP contribution in [-0.4, -0.2) is 42.3 Å². The fraction of sp³-hybridized carbons (Fsp3) is 0.286. The third-order valence-electron chi connectivity index (χ3n) is 7.42. The van der Waals surface area contributed by atoms with Crippen molar-refractivity contribution in [3.63, 3.8) is 0 Å². The molecule has 3 atom stereocenters. The van der Waals surface area contributed by atoms with Gasteiger partial charge in [-0.15, -0.1) is 0 Å². The highest BCUT2D eigenvalue weighted by atomic mass is 19.4. The van der Waals surface area contributed by atoms with E-state index in [-0.39, 0.29) is 30.3 Å². The lowest BCUT2D eigenvalue weighted by atomic mass is 9.81. The maximum Gasteiger partial charge on any atom is 0.416 e. The number of anilines is 2. The molecule has 3 aromatic rings. The summed E-state index contributed by atoms with van der Waals surface area (Å²) in [6.45, 7) is 0.384. The maximum absolute atomic E-state index is 13.3. The van der Waals surface area contributed by atoms with E-state index in [4.69, 9.17) is 5.26 Å². The first-order valence-electron chi connectivity index (χ1n) is 11.9. The van der Waals surface area contributed by atoms with Crippen molar-refractivity contribution < 1.29 is 23.1 Å². The number of carbonyl (C=O) groups excluding carboxylic acids is 1. The SMILES string of the molecule is CN1c2ccc(-c3ccc(C#N)cc3)cc2[C@@H]2[C@@H](CCN2C(=O)Nc2ccc(C(F)(F)F)cc2)[C@H]1CO. The molecule has 2 heterocycles. The number of fused-ring (bicyclic) bond motifs is 3. The molecule has 6 nitrogen and oxygen atoms in total. The minimum absolute atomic E-state index is 0.0166. The van der Waals surface area contributed by atoms with Crippen molar-refractivity contribution in [2.45, 2.75) is 24.7 Å². The van der Waals surface area contributed by atoms with Crippen molar-refractivity contribution >= 4 is 17.4 Å². The highest BCUT2D eigenvalue weighted by Gasteiger charge is 2.47. The molecule has 1 saturated heterocycles. The van der Waals surface area contributed by atoms with Crippen LogP contribution < -0.4 is 10.2 Å². The smallest absolute Gasteiger partial charge is 0.394 e. The number of nitrogens with zero attached hydrogens (tertiary/aromatic N) is 3. The molecule has 5 rings (SSSR count). The molecule has 2 N–H and O–H groups in total. The second-order valence-electron chi connectivity index (χ2n) is 9.42. The molecule has 190 valence electrons. The van der Waals surface area contributed by atoms with E-state index in [0.29, 0.717) is 18.5 Å². The van der Waals surface area contributed by atoms with E-state index >= 15 is 0 Å². The zero-order valence-electron chi connectivity index (χ0n) is 20.0. The molecule has 2 aliphatic heterocycles. The predicted octanol–water partition coefficient (Wildman–Crippen LogP) is 5.65. The van der Waals surface area contributed by atoms with Crippen molar-refractivity contribution in [3.05, 3.63) is 83.4 Å². The summed E-state index contributed by atoms with van der Waals surface area (Å²) >= 11 is 0. The summed E-state index contributed by atoms with van der Waals surface area (Å²) < 4.78 is 38.7. The van der Waals surface area contributed by atoms with Gasteiger partial charge in [-0.3, -0.25) is 0 Å². The molecule has 3 aromatic carbocycles. The molecule has 37 heavy (non-hydrogen) atoms. The summed E-state index contributed by atoms with van der Waals surface area (Å²) in [4.78, 5) is 17.1. The average Bonchev–Trinajstić information content (AvgIpc) is 3.34. The lowest BCUT2D eigenvalue weighted by Gasteiger charge is -2.44. The number of likely N-dealkylation sites (tertiary alicyclic amines) is 1. The first-order chi connectivity index (χ1) is 17.7. The number of carbonyl (C=O) groups is 1. The zero-order chi connectivity index (χ0) is 26.3. The van der Waals surface area contributed by atoms with Gasteiger partial charge in [-0.1, -0.05) is 18.2 Å². The number of alkyl halides is 3. The lowest BCUT2D eigenvalue weighted by molar-refractivity contribution is -0.137. The van der Waals surface area contributed by atoms with Crippen LogP contribution >= 0.6 is 0 Å². The van der Waals surface area contributed by atoms with Crippen molar-refractivity contribution in [2.75, 3.05) is 30.4 Å². The topological polar surface area (TPSA) is 79.6 Å². The highest BCUT2D eigenvalue weighted by Crippen LogP contribution is 2.49. The average molecular weight is 507 g/mol. The van der Waals surface area contributed by atoms with Gasteiger partial charge in [0, 0.05) is 30.9 Å². The fourth-order valence-corrected chi connectivity index (χ4v) is 5.54. The van der Waals surface area contributed by atoms with Gasteiger partial charge in [0.2, 0.25) is 0 Å². The van der Waals surface area contributed by atoms with Gasteiger partial charge in [-0.05, 0) is 71.6 Å². The largest absolute Gasteiger partial charge is 0.416 e. The van der Waals surface area contributed by atoms with Gasteiger partial charge < -0.3 is 20.2 Å². The normalized spacial score (nSPS) is 20.7. The van der Waals surface area contributed by atoms with E-state index in [0.717, 1.165) is 34.5 Å². The highest BCUT2D eigenvalue weighted by molar-refractivity contribution is 5.90. The number of nitrogens with one attached hydrogen (secondary N) is 1. The number of aliphatic hydroxyl groups is 1. The Kier molecular flexibility index (Phi) is 6.30. The minimum atomic E-state index is -4.45. The van der Waals surface area contributed by atoms with Crippen molar-refractivity contribution in [2.24, 2.45) is 5.92 Å².